The first-order chi connectivity index (χ1) is 4.72. The van der Waals surface area contributed by atoms with Gasteiger partial charge in [-0.2, -0.15) is 11.8 Å². The smallest absolute Gasteiger partial charge is 0.00748 e. The predicted molar refractivity (Wildman–Crippen MR) is 50.8 cm³/mol. The van der Waals surface area contributed by atoms with Crippen molar-refractivity contribution in [1.82, 2.24) is 4.90 Å². The molecule has 1 nitrogen and oxygen atoms in total. The first-order valence-electron chi connectivity index (χ1n) is 3.95. The van der Waals surface area contributed by atoms with Gasteiger partial charge in [-0.1, -0.05) is 6.92 Å². The summed E-state index contributed by atoms with van der Waals surface area (Å²) in [6, 6.07) is 0.706. The maximum atomic E-state index is 2.48. The minimum atomic E-state index is 0.706. The summed E-state index contributed by atoms with van der Waals surface area (Å²) in [5.41, 5.74) is 0. The highest BCUT2D eigenvalue weighted by Gasteiger charge is 2.04. The standard InChI is InChI=1S/C8H19NS/c1-5-9(8(2)3)6-7-10-4/h8H,5-7H2,1-4H3. The van der Waals surface area contributed by atoms with Crippen molar-refractivity contribution < 1.29 is 0 Å². The van der Waals surface area contributed by atoms with Gasteiger partial charge in [0.15, 0.2) is 0 Å². The second kappa shape index (κ2) is 6.05. The molecular weight excluding hydrogens is 142 g/mol. The van der Waals surface area contributed by atoms with E-state index in [2.05, 4.69) is 31.9 Å². The highest BCUT2D eigenvalue weighted by molar-refractivity contribution is 7.98. The third-order valence-corrected chi connectivity index (χ3v) is 2.31. The fraction of sp³-hybridized carbons (Fsp3) is 1.00. The van der Waals surface area contributed by atoms with Crippen molar-refractivity contribution in [3.63, 3.8) is 0 Å². The molecule has 10 heavy (non-hydrogen) atoms. The second-order valence-corrected chi connectivity index (χ2v) is 3.70. The van der Waals surface area contributed by atoms with Crippen LogP contribution in [0, 0.1) is 0 Å². The van der Waals surface area contributed by atoms with Crippen LogP contribution in [-0.4, -0.2) is 36.0 Å². The Morgan fingerprint density at radius 3 is 2.30 bits per heavy atom. The largest absolute Gasteiger partial charge is 0.300 e. The molecular formula is C8H19NS. The van der Waals surface area contributed by atoms with E-state index in [9.17, 15) is 0 Å². The average Bonchev–Trinajstić information content (AvgIpc) is 1.89. The van der Waals surface area contributed by atoms with Crippen LogP contribution in [0.4, 0.5) is 0 Å². The molecule has 0 aliphatic heterocycles. The molecule has 0 aromatic carbocycles. The maximum absolute atomic E-state index is 2.48. The minimum absolute atomic E-state index is 0.706. The van der Waals surface area contributed by atoms with E-state index in [1.54, 1.807) is 0 Å². The molecule has 0 bridgehead atoms. The van der Waals surface area contributed by atoms with E-state index in [1.165, 1.54) is 18.8 Å². The monoisotopic (exact) mass is 161 g/mol. The van der Waals surface area contributed by atoms with Gasteiger partial charge in [-0.05, 0) is 26.6 Å². The van der Waals surface area contributed by atoms with E-state index in [1.807, 2.05) is 11.8 Å². The van der Waals surface area contributed by atoms with Crippen LogP contribution in [0.2, 0.25) is 0 Å². The van der Waals surface area contributed by atoms with Crippen molar-refractivity contribution in [3.8, 4) is 0 Å². The topological polar surface area (TPSA) is 3.24 Å². The third-order valence-electron chi connectivity index (χ3n) is 1.72. The molecule has 0 unspecified atom stereocenters. The Morgan fingerprint density at radius 1 is 1.40 bits per heavy atom. The van der Waals surface area contributed by atoms with Gasteiger partial charge in [0.1, 0.15) is 0 Å². The van der Waals surface area contributed by atoms with E-state index in [4.69, 9.17) is 0 Å². The van der Waals surface area contributed by atoms with Gasteiger partial charge in [0, 0.05) is 18.3 Å². The van der Waals surface area contributed by atoms with Crippen LogP contribution in [0.1, 0.15) is 20.8 Å². The first kappa shape index (κ1) is 10.3. The number of hydrogen-bond donors (Lipinski definition) is 0. The molecule has 0 aliphatic rings. The molecule has 0 radical (unpaired) electrons. The Balaban J connectivity index is 3.40. The lowest BCUT2D eigenvalue weighted by atomic mass is 10.3. The SMILES string of the molecule is CCN(CCSC)C(C)C. The Labute approximate surface area is 69.2 Å². The lowest BCUT2D eigenvalue weighted by molar-refractivity contribution is 0.249. The summed E-state index contributed by atoms with van der Waals surface area (Å²) >= 11 is 1.92. The van der Waals surface area contributed by atoms with Gasteiger partial charge in [-0.25, -0.2) is 0 Å². The fourth-order valence-electron chi connectivity index (χ4n) is 0.990. The zero-order valence-electron chi connectivity index (χ0n) is 7.55. The van der Waals surface area contributed by atoms with Crippen molar-refractivity contribution in [3.05, 3.63) is 0 Å². The zero-order valence-corrected chi connectivity index (χ0v) is 8.37. The van der Waals surface area contributed by atoms with Crippen molar-refractivity contribution in [2.45, 2.75) is 26.8 Å². The summed E-state index contributed by atoms with van der Waals surface area (Å²) in [6.45, 7) is 9.14. The molecule has 0 N–H and O–H groups in total. The average molecular weight is 161 g/mol. The zero-order chi connectivity index (χ0) is 7.98. The highest BCUT2D eigenvalue weighted by Crippen LogP contribution is 1.99. The molecule has 2 heteroatoms. The maximum Gasteiger partial charge on any atom is 0.00748 e. The van der Waals surface area contributed by atoms with Gasteiger partial charge in [0.2, 0.25) is 0 Å². The second-order valence-electron chi connectivity index (χ2n) is 2.72. The van der Waals surface area contributed by atoms with Gasteiger partial charge in [-0.3, -0.25) is 0 Å². The van der Waals surface area contributed by atoms with Gasteiger partial charge < -0.3 is 4.90 Å². The van der Waals surface area contributed by atoms with E-state index < -0.39 is 0 Å². The van der Waals surface area contributed by atoms with Crippen molar-refractivity contribution in [2.75, 3.05) is 25.1 Å². The summed E-state index contributed by atoms with van der Waals surface area (Å²) in [5, 5.41) is 0. The summed E-state index contributed by atoms with van der Waals surface area (Å²) in [4.78, 5) is 2.48. The molecule has 0 aliphatic carbocycles. The van der Waals surface area contributed by atoms with Crippen LogP contribution in [0.15, 0.2) is 0 Å². The van der Waals surface area contributed by atoms with Gasteiger partial charge in [-0.15, -0.1) is 0 Å². The molecule has 0 spiro atoms. The molecule has 62 valence electrons. The molecule has 0 atom stereocenters. The quantitative estimate of drug-likeness (QED) is 0.607. The van der Waals surface area contributed by atoms with Crippen LogP contribution in [-0.2, 0) is 0 Å². The van der Waals surface area contributed by atoms with E-state index in [0.717, 1.165) is 0 Å². The van der Waals surface area contributed by atoms with Gasteiger partial charge in [0.25, 0.3) is 0 Å². The lowest BCUT2D eigenvalue weighted by Crippen LogP contribution is -2.32. The molecule has 0 aromatic heterocycles. The molecule has 0 amide bonds. The number of nitrogens with zero attached hydrogens (tertiary/aromatic N) is 1. The van der Waals surface area contributed by atoms with Crippen LogP contribution in [0.3, 0.4) is 0 Å². The van der Waals surface area contributed by atoms with Crippen LogP contribution >= 0.6 is 11.8 Å². The number of thioether (sulfide) groups is 1. The minimum Gasteiger partial charge on any atom is -0.300 e. The fourth-order valence-corrected chi connectivity index (χ4v) is 1.41. The highest BCUT2D eigenvalue weighted by atomic mass is 32.2. The van der Waals surface area contributed by atoms with Crippen LogP contribution < -0.4 is 0 Å². The van der Waals surface area contributed by atoms with Gasteiger partial charge in [0.05, 0.1) is 0 Å². The Bertz CT molecular complexity index is 73.7. The van der Waals surface area contributed by atoms with E-state index in [-0.39, 0.29) is 0 Å². The van der Waals surface area contributed by atoms with Crippen LogP contribution in [0.25, 0.3) is 0 Å². The lowest BCUT2D eigenvalue weighted by Gasteiger charge is -2.23. The summed E-state index contributed by atoms with van der Waals surface area (Å²) in [6.07, 6.45) is 2.16. The molecule has 0 rings (SSSR count). The van der Waals surface area contributed by atoms with Crippen molar-refractivity contribution in [1.29, 1.82) is 0 Å². The van der Waals surface area contributed by atoms with Gasteiger partial charge >= 0.3 is 0 Å². The molecule has 0 saturated heterocycles. The number of rotatable bonds is 5. The van der Waals surface area contributed by atoms with Crippen molar-refractivity contribution in [2.24, 2.45) is 0 Å². The Kier molecular flexibility index (Phi) is 6.24. The summed E-state index contributed by atoms with van der Waals surface area (Å²) in [7, 11) is 0. The number of hydrogen-bond acceptors (Lipinski definition) is 2. The van der Waals surface area contributed by atoms with E-state index >= 15 is 0 Å². The molecule has 0 fully saturated rings. The molecule has 0 saturated carbocycles. The normalized spacial score (nSPS) is 11.4. The van der Waals surface area contributed by atoms with Crippen molar-refractivity contribution >= 4 is 11.8 Å². The molecule has 0 heterocycles. The Hall–Kier alpha value is 0.310. The summed E-state index contributed by atoms with van der Waals surface area (Å²) < 4.78 is 0. The Morgan fingerprint density at radius 2 is 2.00 bits per heavy atom. The van der Waals surface area contributed by atoms with Crippen LogP contribution in [0.5, 0.6) is 0 Å². The van der Waals surface area contributed by atoms with E-state index in [0.29, 0.717) is 6.04 Å². The predicted octanol–water partition coefficient (Wildman–Crippen LogP) is 2.08. The molecule has 0 aromatic rings. The third kappa shape index (κ3) is 4.18. The summed E-state index contributed by atoms with van der Waals surface area (Å²) in [5.74, 6) is 1.26. The first-order valence-corrected chi connectivity index (χ1v) is 5.34.